The van der Waals surface area contributed by atoms with Crippen LogP contribution in [0.1, 0.15) is 32.8 Å². The van der Waals surface area contributed by atoms with Crippen LogP contribution in [0.15, 0.2) is 28.4 Å². The molecule has 0 aliphatic carbocycles. The van der Waals surface area contributed by atoms with Crippen molar-refractivity contribution in [2.24, 2.45) is 16.1 Å². The maximum absolute atomic E-state index is 11.9. The van der Waals surface area contributed by atoms with E-state index in [4.69, 9.17) is 0 Å². The summed E-state index contributed by atoms with van der Waals surface area (Å²) >= 11 is 0. The quantitative estimate of drug-likeness (QED) is 0.510. The Balaban J connectivity index is 1.94. The van der Waals surface area contributed by atoms with Gasteiger partial charge in [-0.3, -0.25) is 9.59 Å². The van der Waals surface area contributed by atoms with Crippen LogP contribution in [0.3, 0.4) is 0 Å². The van der Waals surface area contributed by atoms with E-state index < -0.39 is 11.8 Å². The lowest BCUT2D eigenvalue weighted by Gasteiger charge is -2.21. The summed E-state index contributed by atoms with van der Waals surface area (Å²) in [6, 6.07) is 5.29. The molecule has 0 radical (unpaired) electrons. The molecule has 2 amide bonds. The third kappa shape index (κ3) is 4.56. The van der Waals surface area contributed by atoms with Crippen molar-refractivity contribution >= 4 is 29.4 Å². The summed E-state index contributed by atoms with van der Waals surface area (Å²) in [5.41, 5.74) is 6.68. The lowest BCUT2D eigenvalue weighted by molar-refractivity contribution is -0.127. The lowest BCUT2D eigenvalue weighted by atomic mass is 10.0. The SMILES string of the molecule is CCN(CC)c1ccc(C=NNC(=O)C[C@H]2C(=O)NN=C2C)c(O)c1. The number of anilines is 1. The Morgan fingerprint density at radius 2 is 2.16 bits per heavy atom. The van der Waals surface area contributed by atoms with Crippen molar-refractivity contribution in [2.75, 3.05) is 18.0 Å². The van der Waals surface area contributed by atoms with Crippen molar-refractivity contribution < 1.29 is 14.7 Å². The standard InChI is InChI=1S/C17H23N5O3/c1-4-22(5-2)13-7-6-12(15(23)8-13)10-18-20-16(24)9-14-11(3)19-21-17(14)25/h6-8,10,14,23H,4-5,9H2,1-3H3,(H,20,24)(H,21,25)/t14-/m1/s1. The summed E-state index contributed by atoms with van der Waals surface area (Å²) in [7, 11) is 0. The van der Waals surface area contributed by atoms with E-state index in [9.17, 15) is 14.7 Å². The van der Waals surface area contributed by atoms with Crippen molar-refractivity contribution in [2.45, 2.75) is 27.2 Å². The number of nitrogens with zero attached hydrogens (tertiary/aromatic N) is 3. The second kappa shape index (κ2) is 8.27. The van der Waals surface area contributed by atoms with E-state index in [0.717, 1.165) is 18.8 Å². The number of amides is 2. The Kier molecular flexibility index (Phi) is 6.10. The first-order chi connectivity index (χ1) is 12.0. The fraction of sp³-hybridized carbons (Fsp3) is 0.412. The second-order valence-electron chi connectivity index (χ2n) is 5.69. The molecule has 0 saturated heterocycles. The largest absolute Gasteiger partial charge is 0.507 e. The van der Waals surface area contributed by atoms with Gasteiger partial charge >= 0.3 is 0 Å². The summed E-state index contributed by atoms with van der Waals surface area (Å²) in [5.74, 6) is -1.16. The summed E-state index contributed by atoms with van der Waals surface area (Å²) in [6.45, 7) is 7.47. The van der Waals surface area contributed by atoms with Gasteiger partial charge in [0.15, 0.2) is 0 Å². The first-order valence-electron chi connectivity index (χ1n) is 8.20. The first-order valence-corrected chi connectivity index (χ1v) is 8.20. The molecule has 1 aliphatic heterocycles. The predicted molar refractivity (Wildman–Crippen MR) is 96.8 cm³/mol. The number of nitrogens with one attached hydrogen (secondary N) is 2. The van der Waals surface area contributed by atoms with E-state index in [1.54, 1.807) is 19.1 Å². The highest BCUT2D eigenvalue weighted by Gasteiger charge is 2.28. The maximum atomic E-state index is 11.9. The van der Waals surface area contributed by atoms with E-state index >= 15 is 0 Å². The number of carbonyl (C=O) groups is 2. The Hall–Kier alpha value is -2.90. The summed E-state index contributed by atoms with van der Waals surface area (Å²) in [6.07, 6.45) is 1.35. The molecule has 0 spiro atoms. The van der Waals surface area contributed by atoms with E-state index in [1.807, 2.05) is 19.9 Å². The number of phenolic OH excluding ortho intramolecular Hbond substituents is 1. The van der Waals surface area contributed by atoms with Crippen LogP contribution in [0.2, 0.25) is 0 Å². The minimum atomic E-state index is -0.558. The molecule has 1 aromatic carbocycles. The minimum Gasteiger partial charge on any atom is -0.507 e. The highest BCUT2D eigenvalue weighted by molar-refractivity contribution is 6.09. The van der Waals surface area contributed by atoms with Gasteiger partial charge in [0.05, 0.1) is 12.1 Å². The van der Waals surface area contributed by atoms with Gasteiger partial charge in [-0.1, -0.05) is 0 Å². The molecule has 25 heavy (non-hydrogen) atoms. The molecule has 8 heteroatoms. The third-order valence-electron chi connectivity index (χ3n) is 4.09. The van der Waals surface area contributed by atoms with Gasteiger partial charge in [0.2, 0.25) is 11.8 Å². The number of hydrogen-bond donors (Lipinski definition) is 3. The van der Waals surface area contributed by atoms with Crippen LogP contribution in [0.4, 0.5) is 5.69 Å². The summed E-state index contributed by atoms with van der Waals surface area (Å²) in [5, 5.41) is 17.7. The first kappa shape index (κ1) is 18.4. The number of aromatic hydroxyl groups is 1. The molecule has 1 aliphatic rings. The highest BCUT2D eigenvalue weighted by atomic mass is 16.3. The van der Waals surface area contributed by atoms with Crippen molar-refractivity contribution in [3.05, 3.63) is 23.8 Å². The van der Waals surface area contributed by atoms with Crippen LogP contribution >= 0.6 is 0 Å². The van der Waals surface area contributed by atoms with Crippen molar-refractivity contribution in [3.8, 4) is 5.75 Å². The summed E-state index contributed by atoms with van der Waals surface area (Å²) in [4.78, 5) is 25.5. The third-order valence-corrected chi connectivity index (χ3v) is 4.09. The van der Waals surface area contributed by atoms with Gasteiger partial charge in [-0.05, 0) is 32.9 Å². The molecule has 0 fully saturated rings. The topological polar surface area (TPSA) is 106 Å². The van der Waals surface area contributed by atoms with Crippen LogP contribution in [-0.2, 0) is 9.59 Å². The van der Waals surface area contributed by atoms with Crippen molar-refractivity contribution in [3.63, 3.8) is 0 Å². The van der Waals surface area contributed by atoms with Crippen molar-refractivity contribution in [1.82, 2.24) is 10.9 Å². The van der Waals surface area contributed by atoms with Gasteiger partial charge < -0.3 is 10.0 Å². The van der Waals surface area contributed by atoms with Crippen LogP contribution in [0.5, 0.6) is 5.75 Å². The normalized spacial score (nSPS) is 16.7. The fourth-order valence-corrected chi connectivity index (χ4v) is 2.56. The van der Waals surface area contributed by atoms with E-state index in [1.165, 1.54) is 6.21 Å². The molecule has 3 N–H and O–H groups in total. The van der Waals surface area contributed by atoms with Gasteiger partial charge in [-0.2, -0.15) is 10.2 Å². The number of carbonyl (C=O) groups excluding carboxylic acids is 2. The Morgan fingerprint density at radius 3 is 2.72 bits per heavy atom. The van der Waals surface area contributed by atoms with E-state index in [-0.39, 0.29) is 18.1 Å². The highest BCUT2D eigenvalue weighted by Crippen LogP contribution is 2.23. The zero-order chi connectivity index (χ0) is 18.4. The van der Waals surface area contributed by atoms with Crippen LogP contribution in [-0.4, -0.2) is 41.9 Å². The van der Waals surface area contributed by atoms with Gasteiger partial charge in [0, 0.05) is 42.5 Å². The number of rotatable bonds is 7. The molecule has 8 nitrogen and oxygen atoms in total. The van der Waals surface area contributed by atoms with Gasteiger partial charge in [-0.25, -0.2) is 10.9 Å². The van der Waals surface area contributed by atoms with Gasteiger partial charge in [0.25, 0.3) is 0 Å². The zero-order valence-electron chi connectivity index (χ0n) is 14.6. The van der Waals surface area contributed by atoms with E-state index in [2.05, 4.69) is 26.0 Å². The molecule has 1 aromatic rings. The molecular weight excluding hydrogens is 322 g/mol. The van der Waals surface area contributed by atoms with Crippen LogP contribution in [0.25, 0.3) is 0 Å². The minimum absolute atomic E-state index is 0.0224. The Labute approximate surface area is 146 Å². The fourth-order valence-electron chi connectivity index (χ4n) is 2.56. The molecule has 1 atom stereocenters. The molecule has 0 saturated carbocycles. The Morgan fingerprint density at radius 1 is 1.44 bits per heavy atom. The van der Waals surface area contributed by atoms with Crippen LogP contribution < -0.4 is 15.8 Å². The monoisotopic (exact) mass is 345 g/mol. The average Bonchev–Trinajstić information content (AvgIpc) is 2.90. The average molecular weight is 345 g/mol. The number of phenols is 1. The molecule has 0 unspecified atom stereocenters. The zero-order valence-corrected chi connectivity index (χ0v) is 14.6. The number of hydrogen-bond acceptors (Lipinski definition) is 6. The number of hydrazone groups is 2. The summed E-state index contributed by atoms with van der Waals surface area (Å²) < 4.78 is 0. The molecule has 134 valence electrons. The van der Waals surface area contributed by atoms with Gasteiger partial charge in [0.1, 0.15) is 5.75 Å². The molecule has 2 rings (SSSR count). The van der Waals surface area contributed by atoms with E-state index in [0.29, 0.717) is 11.3 Å². The lowest BCUT2D eigenvalue weighted by Crippen LogP contribution is -2.29. The second-order valence-corrected chi connectivity index (χ2v) is 5.69. The Bertz CT molecular complexity index is 710. The molecular formula is C17H23N5O3. The smallest absolute Gasteiger partial charge is 0.249 e. The molecule has 1 heterocycles. The van der Waals surface area contributed by atoms with Crippen molar-refractivity contribution in [1.29, 1.82) is 0 Å². The van der Waals surface area contributed by atoms with Gasteiger partial charge in [-0.15, -0.1) is 0 Å². The maximum Gasteiger partial charge on any atom is 0.249 e. The molecule has 0 bridgehead atoms. The molecule has 0 aromatic heterocycles. The predicted octanol–water partition coefficient (Wildman–Crippen LogP) is 1.20. The number of benzene rings is 1. The van der Waals surface area contributed by atoms with Crippen LogP contribution in [0, 0.1) is 5.92 Å².